The summed E-state index contributed by atoms with van der Waals surface area (Å²) in [6, 6.07) is 4.04. The lowest BCUT2D eigenvalue weighted by Gasteiger charge is -2.24. The van der Waals surface area contributed by atoms with E-state index in [9.17, 15) is 0 Å². The van der Waals surface area contributed by atoms with Crippen molar-refractivity contribution in [1.29, 1.82) is 0 Å². The number of nitrogens with two attached hydrogens (primary N) is 1. The molecule has 0 aromatic heterocycles. The minimum absolute atomic E-state index is 0. The quantitative estimate of drug-likeness (QED) is 0.783. The Morgan fingerprint density at radius 1 is 1.36 bits per heavy atom. The number of halogens is 3. The van der Waals surface area contributed by atoms with Crippen LogP contribution in [-0.2, 0) is 0 Å². The highest BCUT2D eigenvalue weighted by Crippen LogP contribution is 2.38. The Balaban J connectivity index is 0.000000980. The molecule has 1 unspecified atom stereocenters. The first-order valence-electron chi connectivity index (χ1n) is 4.06. The van der Waals surface area contributed by atoms with Crippen LogP contribution in [0.4, 0.5) is 0 Å². The molecule has 78 valence electrons. The van der Waals surface area contributed by atoms with Crippen LogP contribution >= 0.6 is 44.3 Å². The van der Waals surface area contributed by atoms with Gasteiger partial charge in [-0.25, -0.2) is 0 Å². The largest absolute Gasteiger partial charge is 0.493 e. The lowest BCUT2D eigenvalue weighted by molar-refractivity contribution is 0.268. The molecule has 2 rings (SSSR count). The maximum Gasteiger partial charge on any atom is 0.126 e. The van der Waals surface area contributed by atoms with E-state index in [1.54, 1.807) is 0 Å². The average Bonchev–Trinajstić information content (AvgIpc) is 2.02. The zero-order chi connectivity index (χ0) is 9.42. The smallest absolute Gasteiger partial charge is 0.126 e. The van der Waals surface area contributed by atoms with Gasteiger partial charge in [-0.2, -0.15) is 0 Å². The van der Waals surface area contributed by atoms with E-state index >= 15 is 0 Å². The monoisotopic (exact) mass is 341 g/mol. The van der Waals surface area contributed by atoms with Crippen molar-refractivity contribution in [1.82, 2.24) is 0 Å². The molecule has 0 aliphatic carbocycles. The van der Waals surface area contributed by atoms with Gasteiger partial charge in [0, 0.05) is 27.0 Å². The SMILES string of the molecule is Cl.NC1CCOc2cc(Br)cc(Br)c21. The second-order valence-electron chi connectivity index (χ2n) is 3.04. The molecule has 0 saturated carbocycles. The van der Waals surface area contributed by atoms with E-state index in [0.717, 1.165) is 26.7 Å². The minimum atomic E-state index is 0. The number of benzene rings is 1. The van der Waals surface area contributed by atoms with E-state index in [-0.39, 0.29) is 18.4 Å². The molecular formula is C9H10Br2ClNO. The molecule has 2 N–H and O–H groups in total. The molecule has 1 aliphatic heterocycles. The second-order valence-corrected chi connectivity index (χ2v) is 4.81. The zero-order valence-electron chi connectivity index (χ0n) is 7.30. The summed E-state index contributed by atoms with van der Waals surface area (Å²) in [5.41, 5.74) is 7.05. The third-order valence-corrected chi connectivity index (χ3v) is 3.23. The summed E-state index contributed by atoms with van der Waals surface area (Å²) in [6.07, 6.45) is 0.882. The summed E-state index contributed by atoms with van der Waals surface area (Å²) in [5.74, 6) is 0.889. The van der Waals surface area contributed by atoms with Crippen LogP contribution < -0.4 is 10.5 Å². The lowest BCUT2D eigenvalue weighted by Crippen LogP contribution is -2.21. The van der Waals surface area contributed by atoms with Crippen molar-refractivity contribution in [3.05, 3.63) is 26.6 Å². The average molecular weight is 343 g/mol. The van der Waals surface area contributed by atoms with Crippen LogP contribution in [0.2, 0.25) is 0 Å². The molecule has 0 amide bonds. The highest BCUT2D eigenvalue weighted by molar-refractivity contribution is 9.11. The fourth-order valence-corrected chi connectivity index (χ4v) is 2.96. The van der Waals surface area contributed by atoms with Crippen molar-refractivity contribution in [2.75, 3.05) is 6.61 Å². The normalized spacial score (nSPS) is 19.2. The molecule has 1 aromatic rings. The van der Waals surface area contributed by atoms with Crippen LogP contribution in [-0.4, -0.2) is 6.61 Å². The van der Waals surface area contributed by atoms with Gasteiger partial charge in [0.25, 0.3) is 0 Å². The summed E-state index contributed by atoms with van der Waals surface area (Å²) in [7, 11) is 0. The predicted octanol–water partition coefficient (Wildman–Crippen LogP) is 3.42. The van der Waals surface area contributed by atoms with E-state index in [1.165, 1.54) is 0 Å². The number of ether oxygens (including phenoxy) is 1. The van der Waals surface area contributed by atoms with Gasteiger partial charge in [-0.3, -0.25) is 0 Å². The Labute approximate surface area is 106 Å². The van der Waals surface area contributed by atoms with Gasteiger partial charge in [-0.15, -0.1) is 12.4 Å². The number of fused-ring (bicyclic) bond motifs is 1. The topological polar surface area (TPSA) is 35.2 Å². The lowest BCUT2D eigenvalue weighted by atomic mass is 10.0. The van der Waals surface area contributed by atoms with Crippen LogP contribution in [0.3, 0.4) is 0 Å². The first kappa shape index (κ1) is 12.3. The van der Waals surface area contributed by atoms with Crippen LogP contribution in [0.5, 0.6) is 5.75 Å². The van der Waals surface area contributed by atoms with Gasteiger partial charge in [0.05, 0.1) is 6.61 Å². The van der Waals surface area contributed by atoms with Crippen LogP contribution in [0, 0.1) is 0 Å². The molecule has 1 aliphatic rings. The standard InChI is InChI=1S/C9H9Br2NO.ClH/c10-5-3-6(11)9-7(12)1-2-13-8(9)4-5;/h3-4,7H,1-2,12H2;1H. The third-order valence-electron chi connectivity index (χ3n) is 2.11. The van der Waals surface area contributed by atoms with E-state index in [0.29, 0.717) is 6.61 Å². The van der Waals surface area contributed by atoms with E-state index < -0.39 is 0 Å². The molecule has 2 nitrogen and oxygen atoms in total. The molecule has 14 heavy (non-hydrogen) atoms. The molecule has 0 saturated heterocycles. The second kappa shape index (κ2) is 4.84. The van der Waals surface area contributed by atoms with Crippen molar-refractivity contribution in [3.63, 3.8) is 0 Å². The molecule has 1 heterocycles. The summed E-state index contributed by atoms with van der Waals surface area (Å²) in [6.45, 7) is 0.705. The molecule has 0 spiro atoms. The third kappa shape index (κ3) is 2.24. The van der Waals surface area contributed by atoms with Crippen molar-refractivity contribution in [2.24, 2.45) is 5.73 Å². The summed E-state index contributed by atoms with van der Waals surface area (Å²) >= 11 is 6.89. The summed E-state index contributed by atoms with van der Waals surface area (Å²) in [5, 5.41) is 0. The highest BCUT2D eigenvalue weighted by atomic mass is 79.9. The number of rotatable bonds is 0. The first-order chi connectivity index (χ1) is 6.18. The molecule has 0 bridgehead atoms. The van der Waals surface area contributed by atoms with Gasteiger partial charge in [0.15, 0.2) is 0 Å². The molecule has 1 aromatic carbocycles. The van der Waals surface area contributed by atoms with E-state index in [1.807, 2.05) is 12.1 Å². The molecular weight excluding hydrogens is 333 g/mol. The maximum atomic E-state index is 5.97. The molecule has 1 atom stereocenters. The van der Waals surface area contributed by atoms with Crippen molar-refractivity contribution < 1.29 is 4.74 Å². The Bertz CT molecular complexity index is 346. The Morgan fingerprint density at radius 2 is 2.07 bits per heavy atom. The summed E-state index contributed by atoms with van der Waals surface area (Å²) < 4.78 is 7.54. The van der Waals surface area contributed by atoms with Gasteiger partial charge in [-0.05, 0) is 12.1 Å². The number of hydrogen-bond acceptors (Lipinski definition) is 2. The van der Waals surface area contributed by atoms with Crippen molar-refractivity contribution >= 4 is 44.3 Å². The van der Waals surface area contributed by atoms with Crippen LogP contribution in [0.1, 0.15) is 18.0 Å². The predicted molar refractivity (Wildman–Crippen MR) is 66.1 cm³/mol. The highest BCUT2D eigenvalue weighted by Gasteiger charge is 2.21. The summed E-state index contributed by atoms with van der Waals surface area (Å²) in [4.78, 5) is 0. The van der Waals surface area contributed by atoms with Crippen LogP contribution in [0.25, 0.3) is 0 Å². The molecule has 5 heteroatoms. The molecule has 0 radical (unpaired) electrons. The minimum Gasteiger partial charge on any atom is -0.493 e. The molecule has 0 fully saturated rings. The van der Waals surface area contributed by atoms with Gasteiger partial charge >= 0.3 is 0 Å². The van der Waals surface area contributed by atoms with E-state index in [4.69, 9.17) is 10.5 Å². The first-order valence-corrected chi connectivity index (χ1v) is 5.64. The Hall–Kier alpha value is 0.230. The fourth-order valence-electron chi connectivity index (χ4n) is 1.48. The fraction of sp³-hybridized carbons (Fsp3) is 0.333. The maximum absolute atomic E-state index is 5.97. The Kier molecular flexibility index (Phi) is 4.25. The zero-order valence-corrected chi connectivity index (χ0v) is 11.3. The Morgan fingerprint density at radius 3 is 2.79 bits per heavy atom. The van der Waals surface area contributed by atoms with Gasteiger partial charge in [0.2, 0.25) is 0 Å². The van der Waals surface area contributed by atoms with Gasteiger partial charge in [-0.1, -0.05) is 31.9 Å². The van der Waals surface area contributed by atoms with Gasteiger partial charge < -0.3 is 10.5 Å². The van der Waals surface area contributed by atoms with Gasteiger partial charge in [0.1, 0.15) is 5.75 Å². The number of hydrogen-bond donors (Lipinski definition) is 1. The van der Waals surface area contributed by atoms with E-state index in [2.05, 4.69) is 31.9 Å². The van der Waals surface area contributed by atoms with Crippen molar-refractivity contribution in [2.45, 2.75) is 12.5 Å². The van der Waals surface area contributed by atoms with Crippen molar-refractivity contribution in [3.8, 4) is 5.75 Å². The van der Waals surface area contributed by atoms with Crippen LogP contribution in [0.15, 0.2) is 21.1 Å².